The number of fused-ring (bicyclic) bond motifs is 1. The quantitative estimate of drug-likeness (QED) is 0.728. The lowest BCUT2D eigenvalue weighted by Gasteiger charge is -2.33. The van der Waals surface area contributed by atoms with Gasteiger partial charge < -0.3 is 9.47 Å². The Morgan fingerprint density at radius 2 is 2.26 bits per heavy atom. The number of carbonyl (C=O) groups is 2. The highest BCUT2D eigenvalue weighted by atomic mass is 16.6. The van der Waals surface area contributed by atoms with Gasteiger partial charge in [-0.2, -0.15) is 5.26 Å². The van der Waals surface area contributed by atoms with Gasteiger partial charge in [-0.3, -0.25) is 9.59 Å². The molecule has 5 nitrogen and oxygen atoms in total. The molecule has 23 heavy (non-hydrogen) atoms. The second-order valence-corrected chi connectivity index (χ2v) is 8.14. The van der Waals surface area contributed by atoms with Crippen molar-refractivity contribution < 1.29 is 19.1 Å². The Labute approximate surface area is 137 Å². The molecule has 0 aromatic carbocycles. The average Bonchev–Trinajstić information content (AvgIpc) is 3.08. The van der Waals surface area contributed by atoms with Crippen LogP contribution in [0.25, 0.3) is 0 Å². The van der Waals surface area contributed by atoms with Crippen LogP contribution in [0.4, 0.5) is 0 Å². The van der Waals surface area contributed by atoms with E-state index >= 15 is 0 Å². The molecular weight excluding hydrogens is 294 g/mol. The highest BCUT2D eigenvalue weighted by Crippen LogP contribution is 2.62. The Kier molecular flexibility index (Phi) is 3.70. The highest BCUT2D eigenvalue weighted by molar-refractivity contribution is 5.84. The molecule has 0 N–H and O–H groups in total. The molecule has 1 heterocycles. The maximum Gasteiger partial charge on any atom is 0.327 e. The maximum absolute atomic E-state index is 12.7. The summed E-state index contributed by atoms with van der Waals surface area (Å²) in [5.41, 5.74) is -1.49. The van der Waals surface area contributed by atoms with Gasteiger partial charge in [0.05, 0.1) is 11.5 Å². The minimum absolute atomic E-state index is 0.0696. The third-order valence-corrected chi connectivity index (χ3v) is 6.14. The predicted octanol–water partition coefficient (Wildman–Crippen LogP) is 2.84. The SMILES string of the molecule is CCC(C)(CC(C)C)C(=O)OC1C2CC3C1OC(=O)C3(C#N)C2. The van der Waals surface area contributed by atoms with E-state index in [1.54, 1.807) is 0 Å². The van der Waals surface area contributed by atoms with Crippen LogP contribution in [0.1, 0.15) is 53.4 Å². The van der Waals surface area contributed by atoms with E-state index in [1.165, 1.54) is 0 Å². The molecule has 6 unspecified atom stereocenters. The van der Waals surface area contributed by atoms with E-state index in [1.807, 2.05) is 13.8 Å². The van der Waals surface area contributed by atoms with E-state index in [0.29, 0.717) is 12.3 Å². The standard InChI is InChI=1S/C18H25NO4/c1-5-17(4,7-10(2)3)15(20)22-13-11-6-12-14(13)23-16(21)18(12,8-11)9-19/h10-14H,5-8H2,1-4H3. The number of carbonyl (C=O) groups excluding carboxylic acids is 2. The molecule has 3 fully saturated rings. The Morgan fingerprint density at radius 3 is 2.83 bits per heavy atom. The number of hydrogen-bond acceptors (Lipinski definition) is 5. The zero-order valence-corrected chi connectivity index (χ0v) is 14.3. The first-order valence-electron chi connectivity index (χ1n) is 8.61. The van der Waals surface area contributed by atoms with Gasteiger partial charge in [0, 0.05) is 11.8 Å². The van der Waals surface area contributed by atoms with Crippen LogP contribution in [0.5, 0.6) is 0 Å². The van der Waals surface area contributed by atoms with Crippen LogP contribution >= 0.6 is 0 Å². The molecule has 1 aliphatic heterocycles. The molecule has 2 saturated carbocycles. The molecule has 6 atom stereocenters. The van der Waals surface area contributed by atoms with Gasteiger partial charge in [-0.1, -0.05) is 20.8 Å². The van der Waals surface area contributed by atoms with E-state index in [2.05, 4.69) is 19.9 Å². The van der Waals surface area contributed by atoms with Crippen LogP contribution in [0.3, 0.4) is 0 Å². The van der Waals surface area contributed by atoms with Gasteiger partial charge in [-0.15, -0.1) is 0 Å². The monoisotopic (exact) mass is 319 g/mol. The normalized spacial score (nSPS) is 39.9. The van der Waals surface area contributed by atoms with Gasteiger partial charge in [0.1, 0.15) is 12.2 Å². The highest BCUT2D eigenvalue weighted by Gasteiger charge is 2.72. The van der Waals surface area contributed by atoms with Crippen molar-refractivity contribution in [1.82, 2.24) is 0 Å². The molecule has 2 bridgehead atoms. The van der Waals surface area contributed by atoms with E-state index in [4.69, 9.17) is 9.47 Å². The summed E-state index contributed by atoms with van der Waals surface area (Å²) in [5, 5.41) is 9.41. The molecule has 3 aliphatic rings. The first kappa shape index (κ1) is 16.3. The van der Waals surface area contributed by atoms with Crippen molar-refractivity contribution in [2.24, 2.45) is 28.6 Å². The molecule has 0 spiro atoms. The van der Waals surface area contributed by atoms with Crippen LogP contribution in [-0.2, 0) is 19.1 Å². The fraction of sp³-hybridized carbons (Fsp3) is 0.833. The van der Waals surface area contributed by atoms with Gasteiger partial charge in [-0.25, -0.2) is 0 Å². The first-order valence-corrected chi connectivity index (χ1v) is 8.61. The van der Waals surface area contributed by atoms with Gasteiger partial charge in [0.15, 0.2) is 5.41 Å². The molecule has 126 valence electrons. The summed E-state index contributed by atoms with van der Waals surface area (Å²) in [6, 6.07) is 2.18. The van der Waals surface area contributed by atoms with Crippen molar-refractivity contribution in [3.8, 4) is 6.07 Å². The van der Waals surface area contributed by atoms with Crippen molar-refractivity contribution in [3.63, 3.8) is 0 Å². The number of ether oxygens (including phenoxy) is 2. The Bertz CT molecular complexity index is 580. The number of nitriles is 1. The third kappa shape index (κ3) is 2.18. The number of esters is 2. The number of rotatable bonds is 5. The molecule has 0 amide bonds. The molecule has 0 radical (unpaired) electrons. The summed E-state index contributed by atoms with van der Waals surface area (Å²) in [6.07, 6.45) is 1.90. The fourth-order valence-corrected chi connectivity index (χ4v) is 4.83. The van der Waals surface area contributed by atoms with Crippen LogP contribution in [0, 0.1) is 39.9 Å². The van der Waals surface area contributed by atoms with Crippen LogP contribution in [-0.4, -0.2) is 24.1 Å². The Balaban J connectivity index is 1.75. The van der Waals surface area contributed by atoms with Crippen LogP contribution in [0.15, 0.2) is 0 Å². The summed E-state index contributed by atoms with van der Waals surface area (Å²) >= 11 is 0. The molecule has 5 heteroatoms. The van der Waals surface area contributed by atoms with Crippen LogP contribution in [0.2, 0.25) is 0 Å². The lowest BCUT2D eigenvalue weighted by atomic mass is 9.74. The van der Waals surface area contributed by atoms with Crippen molar-refractivity contribution in [3.05, 3.63) is 0 Å². The zero-order valence-electron chi connectivity index (χ0n) is 14.3. The summed E-state index contributed by atoms with van der Waals surface area (Å²) in [6.45, 7) is 8.14. The van der Waals surface area contributed by atoms with Gasteiger partial charge in [-0.05, 0) is 38.5 Å². The summed E-state index contributed by atoms with van der Waals surface area (Å²) in [5.74, 6) is -0.252. The summed E-state index contributed by atoms with van der Waals surface area (Å²) < 4.78 is 11.3. The van der Waals surface area contributed by atoms with Gasteiger partial charge in [0.25, 0.3) is 0 Å². The van der Waals surface area contributed by atoms with E-state index in [-0.39, 0.29) is 23.9 Å². The smallest absolute Gasteiger partial charge is 0.327 e. The number of hydrogen-bond donors (Lipinski definition) is 0. The van der Waals surface area contributed by atoms with Crippen molar-refractivity contribution in [2.75, 3.05) is 0 Å². The lowest BCUT2D eigenvalue weighted by Crippen LogP contribution is -2.42. The Morgan fingerprint density at radius 1 is 1.57 bits per heavy atom. The zero-order chi connectivity index (χ0) is 17.0. The van der Waals surface area contributed by atoms with Crippen molar-refractivity contribution >= 4 is 11.9 Å². The van der Waals surface area contributed by atoms with E-state index in [0.717, 1.165) is 19.3 Å². The van der Waals surface area contributed by atoms with Crippen molar-refractivity contribution in [2.45, 2.75) is 65.6 Å². The summed E-state index contributed by atoms with van der Waals surface area (Å²) in [4.78, 5) is 24.8. The molecule has 0 aromatic heterocycles. The van der Waals surface area contributed by atoms with E-state index in [9.17, 15) is 14.9 Å². The maximum atomic E-state index is 12.7. The Hall–Kier alpha value is -1.57. The molecule has 1 saturated heterocycles. The van der Waals surface area contributed by atoms with Crippen LogP contribution < -0.4 is 0 Å². The van der Waals surface area contributed by atoms with Crippen molar-refractivity contribution in [1.29, 1.82) is 5.26 Å². The molecule has 3 rings (SSSR count). The minimum Gasteiger partial charge on any atom is -0.458 e. The first-order chi connectivity index (χ1) is 10.8. The second kappa shape index (κ2) is 5.22. The topological polar surface area (TPSA) is 76.4 Å². The average molecular weight is 319 g/mol. The molecule has 2 aliphatic carbocycles. The lowest BCUT2D eigenvalue weighted by molar-refractivity contribution is -0.172. The molecular formula is C18H25NO4. The molecule has 0 aromatic rings. The minimum atomic E-state index is -0.982. The fourth-order valence-electron chi connectivity index (χ4n) is 4.83. The summed E-state index contributed by atoms with van der Waals surface area (Å²) in [7, 11) is 0. The van der Waals surface area contributed by atoms with Gasteiger partial charge in [0.2, 0.25) is 0 Å². The third-order valence-electron chi connectivity index (χ3n) is 6.14. The van der Waals surface area contributed by atoms with Gasteiger partial charge >= 0.3 is 11.9 Å². The predicted molar refractivity (Wildman–Crippen MR) is 81.9 cm³/mol. The number of nitrogens with zero attached hydrogens (tertiary/aromatic N) is 1. The van der Waals surface area contributed by atoms with E-state index < -0.39 is 22.9 Å². The second-order valence-electron chi connectivity index (χ2n) is 8.14. The largest absolute Gasteiger partial charge is 0.458 e.